The maximum absolute atomic E-state index is 14.3. The average molecular weight is 516 g/mol. The fraction of sp³-hybridized carbons (Fsp3) is 0.321. The standard InChI is InChI=1S/C28H29F4NO2Si/c1-27(2,3)36(20-10-6-4-7-11-20,21-12-8-5-9-13-21)35-25-17-16-24(33-26(34)28(30,31)32)23-18-19(29)14-15-22(23)25/h4-15,18,24-25H,16-17H2,1-3H3,(H,33,34)/t24-,25-/m1/s1. The van der Waals surface area contributed by atoms with E-state index in [0.29, 0.717) is 17.5 Å². The molecule has 2 atom stereocenters. The van der Waals surface area contributed by atoms with Crippen LogP contribution in [0.4, 0.5) is 17.6 Å². The van der Waals surface area contributed by atoms with Crippen molar-refractivity contribution in [2.24, 2.45) is 0 Å². The van der Waals surface area contributed by atoms with Gasteiger partial charge in [-0.3, -0.25) is 4.79 Å². The van der Waals surface area contributed by atoms with Crippen LogP contribution in [0.5, 0.6) is 0 Å². The van der Waals surface area contributed by atoms with E-state index < -0.39 is 38.4 Å². The van der Waals surface area contributed by atoms with Crippen LogP contribution in [-0.2, 0) is 9.22 Å². The predicted octanol–water partition coefficient (Wildman–Crippen LogP) is 5.96. The summed E-state index contributed by atoms with van der Waals surface area (Å²) in [6.07, 6.45) is -4.92. The van der Waals surface area contributed by atoms with Crippen LogP contribution in [-0.4, -0.2) is 20.4 Å². The number of halogens is 4. The van der Waals surface area contributed by atoms with Gasteiger partial charge in [-0.05, 0) is 51.5 Å². The molecule has 3 aromatic rings. The molecular weight excluding hydrogens is 486 g/mol. The fourth-order valence-corrected chi connectivity index (χ4v) is 9.87. The number of hydrogen-bond donors (Lipinski definition) is 1. The Balaban J connectivity index is 1.82. The highest BCUT2D eigenvalue weighted by Crippen LogP contribution is 2.45. The van der Waals surface area contributed by atoms with Gasteiger partial charge in [0.1, 0.15) is 5.82 Å². The van der Waals surface area contributed by atoms with Crippen molar-refractivity contribution in [2.75, 3.05) is 0 Å². The minimum Gasteiger partial charge on any atom is -0.400 e. The summed E-state index contributed by atoms with van der Waals surface area (Å²) in [5.41, 5.74) is 0.921. The molecule has 0 radical (unpaired) electrons. The van der Waals surface area contributed by atoms with Crippen LogP contribution in [0.2, 0.25) is 5.04 Å². The van der Waals surface area contributed by atoms with Gasteiger partial charge in [0, 0.05) is 0 Å². The van der Waals surface area contributed by atoms with Gasteiger partial charge in [-0.1, -0.05) is 87.5 Å². The van der Waals surface area contributed by atoms with Gasteiger partial charge in [-0.2, -0.15) is 13.2 Å². The number of rotatable bonds is 5. The maximum atomic E-state index is 14.3. The fourth-order valence-electron chi connectivity index (χ4n) is 5.19. The van der Waals surface area contributed by atoms with Crippen LogP contribution in [0, 0.1) is 5.82 Å². The van der Waals surface area contributed by atoms with Crippen molar-refractivity contribution >= 4 is 24.6 Å². The topological polar surface area (TPSA) is 38.3 Å². The number of alkyl halides is 3. The first kappa shape index (κ1) is 26.1. The van der Waals surface area contributed by atoms with Gasteiger partial charge >= 0.3 is 12.1 Å². The van der Waals surface area contributed by atoms with Gasteiger partial charge in [-0.15, -0.1) is 0 Å². The zero-order chi connectivity index (χ0) is 26.1. The summed E-state index contributed by atoms with van der Waals surface area (Å²) in [7, 11) is -2.96. The lowest BCUT2D eigenvalue weighted by molar-refractivity contribution is -0.174. The molecule has 190 valence electrons. The molecule has 0 heterocycles. The molecule has 0 unspecified atom stereocenters. The second kappa shape index (κ2) is 9.82. The highest BCUT2D eigenvalue weighted by molar-refractivity contribution is 6.99. The Kier molecular flexibility index (Phi) is 7.12. The van der Waals surface area contributed by atoms with Gasteiger partial charge in [0.05, 0.1) is 12.1 Å². The lowest BCUT2D eigenvalue weighted by Crippen LogP contribution is -2.67. The SMILES string of the molecule is CC(C)(C)[Si](O[C@@H]1CC[C@@H](NC(=O)C(F)(F)F)c2cc(F)ccc21)(c1ccccc1)c1ccccc1. The van der Waals surface area contributed by atoms with Crippen molar-refractivity contribution in [3.8, 4) is 0 Å². The van der Waals surface area contributed by atoms with Crippen LogP contribution in [0.15, 0.2) is 78.9 Å². The Bertz CT molecular complexity index is 1170. The highest BCUT2D eigenvalue weighted by atomic mass is 28.4. The first-order valence-corrected chi connectivity index (χ1v) is 13.8. The third-order valence-electron chi connectivity index (χ3n) is 6.79. The Morgan fingerprint density at radius 1 is 0.861 bits per heavy atom. The molecule has 4 rings (SSSR count). The summed E-state index contributed by atoms with van der Waals surface area (Å²) in [5.74, 6) is -2.61. The van der Waals surface area contributed by atoms with E-state index in [1.807, 2.05) is 41.7 Å². The number of hydrogen-bond acceptors (Lipinski definition) is 2. The third-order valence-corrected chi connectivity index (χ3v) is 11.8. The Morgan fingerprint density at radius 2 is 1.42 bits per heavy atom. The summed E-state index contributed by atoms with van der Waals surface area (Å²) < 4.78 is 60.3. The molecule has 8 heteroatoms. The molecule has 0 bridgehead atoms. The van der Waals surface area contributed by atoms with E-state index in [1.165, 1.54) is 12.1 Å². The van der Waals surface area contributed by atoms with Gasteiger partial charge < -0.3 is 9.74 Å². The second-order valence-corrected chi connectivity index (χ2v) is 14.4. The molecule has 0 aromatic heterocycles. The van der Waals surface area contributed by atoms with Crippen LogP contribution in [0.25, 0.3) is 0 Å². The van der Waals surface area contributed by atoms with Gasteiger partial charge in [0.2, 0.25) is 0 Å². The summed E-state index contributed by atoms with van der Waals surface area (Å²) in [4.78, 5) is 11.7. The number of nitrogens with one attached hydrogen (secondary N) is 1. The monoisotopic (exact) mass is 515 g/mol. The van der Waals surface area contributed by atoms with Crippen molar-refractivity contribution in [1.29, 1.82) is 0 Å². The molecule has 36 heavy (non-hydrogen) atoms. The minimum absolute atomic E-state index is 0.196. The quantitative estimate of drug-likeness (QED) is 0.337. The van der Waals surface area contributed by atoms with E-state index in [4.69, 9.17) is 4.43 Å². The van der Waals surface area contributed by atoms with Crippen molar-refractivity contribution in [3.05, 3.63) is 95.8 Å². The molecule has 0 aliphatic heterocycles. The maximum Gasteiger partial charge on any atom is 0.471 e. The lowest BCUT2D eigenvalue weighted by Gasteiger charge is -2.46. The van der Waals surface area contributed by atoms with Gasteiger partial charge in [-0.25, -0.2) is 4.39 Å². The Hall–Kier alpha value is -2.97. The number of amides is 1. The molecule has 0 saturated carbocycles. The summed E-state index contributed by atoms with van der Waals surface area (Å²) in [6.45, 7) is 6.42. The van der Waals surface area contributed by atoms with Crippen LogP contribution in [0.3, 0.4) is 0 Å². The van der Waals surface area contributed by atoms with Crippen molar-refractivity contribution in [3.63, 3.8) is 0 Å². The molecule has 3 aromatic carbocycles. The minimum atomic E-state index is -5.02. The van der Waals surface area contributed by atoms with E-state index in [9.17, 15) is 22.4 Å². The smallest absolute Gasteiger partial charge is 0.400 e. The second-order valence-electron chi connectivity index (χ2n) is 10.1. The molecule has 1 aliphatic rings. The number of carbonyl (C=O) groups excluding carboxylic acids is 1. The predicted molar refractivity (Wildman–Crippen MR) is 134 cm³/mol. The Morgan fingerprint density at radius 3 is 1.92 bits per heavy atom. The number of fused-ring (bicyclic) bond motifs is 1. The average Bonchev–Trinajstić information content (AvgIpc) is 2.83. The molecular formula is C28H29F4NO2Si. The highest BCUT2D eigenvalue weighted by Gasteiger charge is 2.52. The van der Waals surface area contributed by atoms with Crippen molar-refractivity contribution in [1.82, 2.24) is 5.32 Å². The third kappa shape index (κ3) is 4.97. The molecule has 1 aliphatic carbocycles. The van der Waals surface area contributed by atoms with Gasteiger partial charge in [0.25, 0.3) is 8.32 Å². The van der Waals surface area contributed by atoms with Crippen LogP contribution in [0.1, 0.15) is 56.9 Å². The summed E-state index contributed by atoms with van der Waals surface area (Å²) in [6, 6.07) is 23.1. The zero-order valence-corrected chi connectivity index (χ0v) is 21.4. The molecule has 0 saturated heterocycles. The summed E-state index contributed by atoms with van der Waals surface area (Å²) in [5, 5.41) is 3.87. The van der Waals surface area contributed by atoms with E-state index in [-0.39, 0.29) is 11.5 Å². The van der Waals surface area contributed by atoms with E-state index in [0.717, 1.165) is 10.4 Å². The molecule has 1 N–H and O–H groups in total. The lowest BCUT2D eigenvalue weighted by atomic mass is 9.85. The normalized spacial score (nSPS) is 18.4. The number of benzene rings is 3. The Labute approximate surface area is 209 Å². The molecule has 1 amide bonds. The molecule has 0 spiro atoms. The molecule has 3 nitrogen and oxygen atoms in total. The largest absolute Gasteiger partial charge is 0.471 e. The summed E-state index contributed by atoms with van der Waals surface area (Å²) >= 11 is 0. The zero-order valence-electron chi connectivity index (χ0n) is 20.4. The van der Waals surface area contributed by atoms with E-state index in [1.54, 1.807) is 6.07 Å². The first-order valence-electron chi connectivity index (χ1n) is 11.9. The van der Waals surface area contributed by atoms with Crippen molar-refractivity contribution < 1.29 is 26.8 Å². The van der Waals surface area contributed by atoms with Gasteiger partial charge in [0.15, 0.2) is 0 Å². The van der Waals surface area contributed by atoms with Crippen LogP contribution >= 0.6 is 0 Å². The number of carbonyl (C=O) groups is 1. The van der Waals surface area contributed by atoms with E-state index in [2.05, 4.69) is 45.0 Å². The van der Waals surface area contributed by atoms with Crippen molar-refractivity contribution in [2.45, 2.75) is 57.0 Å². The van der Waals surface area contributed by atoms with E-state index >= 15 is 0 Å². The molecule has 0 fully saturated rings. The van der Waals surface area contributed by atoms with Crippen LogP contribution < -0.4 is 15.7 Å². The first-order chi connectivity index (χ1) is 16.9.